The number of anilines is 1. The lowest BCUT2D eigenvalue weighted by atomic mass is 9.96. The van der Waals surface area contributed by atoms with E-state index in [2.05, 4.69) is 5.32 Å². The number of hydrogen-bond donors (Lipinski definition) is 1. The van der Waals surface area contributed by atoms with Gasteiger partial charge >= 0.3 is 6.03 Å². The molecular formula is C17H24ClN3O3. The predicted octanol–water partition coefficient (Wildman–Crippen LogP) is 3.07. The van der Waals surface area contributed by atoms with E-state index in [0.717, 1.165) is 0 Å². The van der Waals surface area contributed by atoms with Crippen LogP contribution in [0.4, 0.5) is 10.5 Å². The van der Waals surface area contributed by atoms with Crippen molar-refractivity contribution in [2.75, 3.05) is 39.1 Å². The van der Waals surface area contributed by atoms with Crippen LogP contribution in [0.3, 0.4) is 0 Å². The number of amides is 3. The van der Waals surface area contributed by atoms with Crippen molar-refractivity contribution in [3.8, 4) is 5.75 Å². The second-order valence-electron chi connectivity index (χ2n) is 6.00. The third-order valence-corrected chi connectivity index (χ3v) is 4.35. The minimum absolute atomic E-state index is 0.00368. The number of nitrogens with zero attached hydrogens (tertiary/aromatic N) is 2. The summed E-state index contributed by atoms with van der Waals surface area (Å²) in [5.74, 6) is 0.734. The summed E-state index contributed by atoms with van der Waals surface area (Å²) in [5, 5.41) is 3.30. The highest BCUT2D eigenvalue weighted by molar-refractivity contribution is 6.32. The fourth-order valence-corrected chi connectivity index (χ4v) is 2.98. The standard InChI is InChI=1S/C17H24ClN3O3/c1-4-24-15-6-5-13(11-14(15)18)19-17(23)21-9-7-12(8-10-21)16(22)20(2)3/h5-6,11-12H,4,7-10H2,1-3H3,(H,19,23). The molecule has 1 aromatic rings. The summed E-state index contributed by atoms with van der Waals surface area (Å²) in [6, 6.07) is 5.00. The lowest BCUT2D eigenvalue weighted by Crippen LogP contribution is -2.44. The van der Waals surface area contributed by atoms with E-state index < -0.39 is 0 Å². The van der Waals surface area contributed by atoms with Gasteiger partial charge in [-0.1, -0.05) is 11.6 Å². The van der Waals surface area contributed by atoms with Crippen LogP contribution in [0.5, 0.6) is 5.75 Å². The van der Waals surface area contributed by atoms with Crippen LogP contribution in [0.1, 0.15) is 19.8 Å². The number of benzene rings is 1. The Morgan fingerprint density at radius 3 is 2.54 bits per heavy atom. The molecule has 24 heavy (non-hydrogen) atoms. The van der Waals surface area contributed by atoms with Gasteiger partial charge in [0, 0.05) is 38.8 Å². The van der Waals surface area contributed by atoms with Crippen LogP contribution in [0, 0.1) is 5.92 Å². The number of carbonyl (C=O) groups is 2. The number of likely N-dealkylation sites (tertiary alicyclic amines) is 1. The summed E-state index contributed by atoms with van der Waals surface area (Å²) in [4.78, 5) is 27.7. The molecule has 1 aliphatic heterocycles. The van der Waals surface area contributed by atoms with E-state index in [4.69, 9.17) is 16.3 Å². The van der Waals surface area contributed by atoms with Gasteiger partial charge in [0.2, 0.25) is 5.91 Å². The number of ether oxygens (including phenoxy) is 1. The number of urea groups is 1. The van der Waals surface area contributed by atoms with Gasteiger partial charge in [-0.3, -0.25) is 4.79 Å². The van der Waals surface area contributed by atoms with Crippen molar-refractivity contribution in [3.63, 3.8) is 0 Å². The monoisotopic (exact) mass is 353 g/mol. The van der Waals surface area contributed by atoms with Crippen molar-refractivity contribution < 1.29 is 14.3 Å². The Bertz CT molecular complexity index is 599. The maximum absolute atomic E-state index is 12.3. The van der Waals surface area contributed by atoms with Gasteiger partial charge in [0.05, 0.1) is 11.6 Å². The smallest absolute Gasteiger partial charge is 0.321 e. The molecule has 0 unspecified atom stereocenters. The van der Waals surface area contributed by atoms with E-state index in [-0.39, 0.29) is 17.9 Å². The van der Waals surface area contributed by atoms with Crippen molar-refractivity contribution in [2.24, 2.45) is 5.92 Å². The highest BCUT2D eigenvalue weighted by Gasteiger charge is 2.28. The van der Waals surface area contributed by atoms with Gasteiger partial charge in [0.25, 0.3) is 0 Å². The molecule has 0 bridgehead atoms. The predicted molar refractivity (Wildman–Crippen MR) is 94.6 cm³/mol. The van der Waals surface area contributed by atoms with Crippen LogP contribution in [0.15, 0.2) is 18.2 Å². The zero-order valence-electron chi connectivity index (χ0n) is 14.3. The molecule has 1 saturated heterocycles. The van der Waals surface area contributed by atoms with E-state index in [0.29, 0.717) is 49.0 Å². The Balaban J connectivity index is 1.90. The molecule has 0 aliphatic carbocycles. The highest BCUT2D eigenvalue weighted by atomic mass is 35.5. The number of carbonyl (C=O) groups excluding carboxylic acids is 2. The first-order valence-electron chi connectivity index (χ1n) is 8.11. The molecule has 1 N–H and O–H groups in total. The SMILES string of the molecule is CCOc1ccc(NC(=O)N2CCC(C(=O)N(C)C)CC2)cc1Cl. The van der Waals surface area contributed by atoms with Crippen LogP contribution in [-0.4, -0.2) is 55.5 Å². The van der Waals surface area contributed by atoms with Crippen LogP contribution in [0.25, 0.3) is 0 Å². The van der Waals surface area contributed by atoms with Crippen LogP contribution in [0.2, 0.25) is 5.02 Å². The molecule has 3 amide bonds. The summed E-state index contributed by atoms with van der Waals surface area (Å²) < 4.78 is 5.38. The van der Waals surface area contributed by atoms with Gasteiger partial charge in [-0.2, -0.15) is 0 Å². The molecule has 0 aromatic heterocycles. The lowest BCUT2D eigenvalue weighted by Gasteiger charge is -2.32. The maximum atomic E-state index is 12.3. The van der Waals surface area contributed by atoms with Gasteiger partial charge in [0.15, 0.2) is 0 Å². The number of nitrogens with one attached hydrogen (secondary N) is 1. The third kappa shape index (κ3) is 4.54. The van der Waals surface area contributed by atoms with Gasteiger partial charge < -0.3 is 19.9 Å². The quantitative estimate of drug-likeness (QED) is 0.904. The topological polar surface area (TPSA) is 61.9 Å². The molecule has 2 rings (SSSR count). The average molecular weight is 354 g/mol. The summed E-state index contributed by atoms with van der Waals surface area (Å²) in [6.45, 7) is 3.56. The van der Waals surface area contributed by atoms with E-state index in [1.807, 2.05) is 6.92 Å². The molecule has 1 fully saturated rings. The Morgan fingerprint density at radius 1 is 1.33 bits per heavy atom. The first kappa shape index (κ1) is 18.4. The summed E-state index contributed by atoms with van der Waals surface area (Å²) in [6.07, 6.45) is 1.38. The second-order valence-corrected chi connectivity index (χ2v) is 6.41. The molecule has 1 heterocycles. The van der Waals surface area contributed by atoms with E-state index >= 15 is 0 Å². The van der Waals surface area contributed by atoms with Gasteiger partial charge in [-0.25, -0.2) is 4.79 Å². The van der Waals surface area contributed by atoms with Gasteiger partial charge in [-0.15, -0.1) is 0 Å². The van der Waals surface area contributed by atoms with Crippen LogP contribution in [-0.2, 0) is 4.79 Å². The lowest BCUT2D eigenvalue weighted by molar-refractivity contribution is -0.134. The molecule has 132 valence electrons. The van der Waals surface area contributed by atoms with Crippen molar-refractivity contribution >= 4 is 29.2 Å². The van der Waals surface area contributed by atoms with E-state index in [1.165, 1.54) is 0 Å². The molecule has 1 aliphatic rings. The highest BCUT2D eigenvalue weighted by Crippen LogP contribution is 2.28. The number of hydrogen-bond acceptors (Lipinski definition) is 3. The zero-order valence-corrected chi connectivity index (χ0v) is 15.1. The van der Waals surface area contributed by atoms with Crippen LogP contribution >= 0.6 is 11.6 Å². The summed E-state index contributed by atoms with van der Waals surface area (Å²) >= 11 is 6.13. The minimum Gasteiger partial charge on any atom is -0.492 e. The van der Waals surface area contributed by atoms with Crippen molar-refractivity contribution in [1.82, 2.24) is 9.80 Å². The Kier molecular flexibility index (Phi) is 6.31. The maximum Gasteiger partial charge on any atom is 0.321 e. The van der Waals surface area contributed by atoms with Gasteiger partial charge in [-0.05, 0) is 38.0 Å². The molecule has 0 saturated carbocycles. The Hall–Kier alpha value is -1.95. The summed E-state index contributed by atoms with van der Waals surface area (Å²) in [5.41, 5.74) is 0.625. The third-order valence-electron chi connectivity index (χ3n) is 4.06. The average Bonchev–Trinajstić information content (AvgIpc) is 2.56. The number of rotatable bonds is 4. The molecule has 7 heteroatoms. The Labute approximate surface area is 147 Å². The normalized spacial score (nSPS) is 15.1. The van der Waals surface area contributed by atoms with E-state index in [9.17, 15) is 9.59 Å². The first-order chi connectivity index (χ1) is 11.4. The number of piperidine rings is 1. The van der Waals surface area contributed by atoms with Gasteiger partial charge in [0.1, 0.15) is 5.75 Å². The fourth-order valence-electron chi connectivity index (χ4n) is 2.75. The fraction of sp³-hybridized carbons (Fsp3) is 0.529. The van der Waals surface area contributed by atoms with Crippen LogP contribution < -0.4 is 10.1 Å². The van der Waals surface area contributed by atoms with Crippen molar-refractivity contribution in [3.05, 3.63) is 23.2 Å². The minimum atomic E-state index is -0.175. The summed E-state index contributed by atoms with van der Waals surface area (Å²) in [7, 11) is 3.52. The largest absolute Gasteiger partial charge is 0.492 e. The zero-order chi connectivity index (χ0) is 17.7. The molecule has 0 atom stereocenters. The molecule has 0 spiro atoms. The molecular weight excluding hydrogens is 330 g/mol. The number of halogens is 1. The molecule has 6 nitrogen and oxygen atoms in total. The van der Waals surface area contributed by atoms with E-state index in [1.54, 1.807) is 42.1 Å². The molecule has 0 radical (unpaired) electrons. The molecule has 1 aromatic carbocycles. The second kappa shape index (κ2) is 8.24. The first-order valence-corrected chi connectivity index (χ1v) is 8.49. The van der Waals surface area contributed by atoms with Crippen molar-refractivity contribution in [1.29, 1.82) is 0 Å². The Morgan fingerprint density at radius 2 is 2.00 bits per heavy atom. The van der Waals surface area contributed by atoms with Crippen molar-refractivity contribution in [2.45, 2.75) is 19.8 Å².